The molecule has 0 radical (unpaired) electrons. The monoisotopic (exact) mass is 398 g/mol. The third-order valence-electron chi connectivity index (χ3n) is 3.12. The van der Waals surface area contributed by atoms with E-state index in [9.17, 15) is 0 Å². The zero-order valence-electron chi connectivity index (χ0n) is 10.8. The number of fused-ring (bicyclic) bond motifs is 1. The van der Waals surface area contributed by atoms with Gasteiger partial charge in [-0.25, -0.2) is 4.98 Å². The van der Waals surface area contributed by atoms with Gasteiger partial charge in [0.2, 0.25) is 0 Å². The van der Waals surface area contributed by atoms with Crippen LogP contribution in [0, 0.1) is 3.57 Å². The van der Waals surface area contributed by atoms with E-state index in [4.69, 9.17) is 16.3 Å². The van der Waals surface area contributed by atoms with Crippen molar-refractivity contribution in [2.45, 2.75) is 5.88 Å². The number of hydrogen-bond donors (Lipinski definition) is 0. The largest absolute Gasteiger partial charge is 0.497 e. The maximum atomic E-state index is 6.05. The molecule has 0 aliphatic heterocycles. The number of methoxy groups -OCH3 is 1. The minimum Gasteiger partial charge on any atom is -0.497 e. The fourth-order valence-electron chi connectivity index (χ4n) is 2.23. The second-order valence-electron chi connectivity index (χ2n) is 4.33. The summed E-state index contributed by atoms with van der Waals surface area (Å²) in [5.74, 6) is 1.99. The highest BCUT2D eigenvalue weighted by molar-refractivity contribution is 14.1. The average molecular weight is 399 g/mol. The summed E-state index contributed by atoms with van der Waals surface area (Å²) >= 11 is 8.35. The van der Waals surface area contributed by atoms with E-state index in [-0.39, 0.29) is 0 Å². The van der Waals surface area contributed by atoms with Gasteiger partial charge >= 0.3 is 0 Å². The highest BCUT2D eigenvalue weighted by atomic mass is 127. The molecular weight excluding hydrogens is 387 g/mol. The van der Waals surface area contributed by atoms with Crippen LogP contribution >= 0.6 is 34.2 Å². The van der Waals surface area contributed by atoms with Crippen LogP contribution in [0.2, 0.25) is 0 Å². The third-order valence-corrected chi connectivity index (χ3v) is 4.03. The second kappa shape index (κ2) is 5.61. The average Bonchev–Trinajstić information content (AvgIpc) is 2.84. The van der Waals surface area contributed by atoms with Gasteiger partial charge in [-0.05, 0) is 52.9 Å². The molecule has 0 saturated carbocycles. The molecule has 2 aromatic carbocycles. The van der Waals surface area contributed by atoms with Crippen LogP contribution in [0.25, 0.3) is 16.7 Å². The third kappa shape index (κ3) is 2.38. The Balaban J connectivity index is 2.28. The lowest BCUT2D eigenvalue weighted by Gasteiger charge is -2.08. The second-order valence-corrected chi connectivity index (χ2v) is 5.84. The number of benzene rings is 2. The van der Waals surface area contributed by atoms with Crippen LogP contribution in [0.15, 0.2) is 42.5 Å². The molecular formula is C15H12ClIN2O. The molecule has 0 aliphatic carbocycles. The lowest BCUT2D eigenvalue weighted by molar-refractivity contribution is 0.415. The van der Waals surface area contributed by atoms with E-state index in [1.165, 1.54) is 3.57 Å². The van der Waals surface area contributed by atoms with Crippen molar-refractivity contribution >= 4 is 45.2 Å². The molecule has 0 bridgehead atoms. The van der Waals surface area contributed by atoms with Crippen LogP contribution in [0.5, 0.6) is 5.75 Å². The molecule has 0 spiro atoms. The van der Waals surface area contributed by atoms with Crippen LogP contribution in [0.1, 0.15) is 5.82 Å². The van der Waals surface area contributed by atoms with Crippen molar-refractivity contribution in [3.63, 3.8) is 0 Å². The maximum Gasteiger partial charge on any atom is 0.129 e. The van der Waals surface area contributed by atoms with Crippen LogP contribution in [0.3, 0.4) is 0 Å². The van der Waals surface area contributed by atoms with E-state index in [2.05, 4.69) is 50.3 Å². The minimum atomic E-state index is 0.364. The molecule has 3 aromatic rings. The Kier molecular flexibility index (Phi) is 3.85. The van der Waals surface area contributed by atoms with Gasteiger partial charge < -0.3 is 4.74 Å². The Hall–Kier alpha value is -1.27. The smallest absolute Gasteiger partial charge is 0.129 e. The first-order chi connectivity index (χ1) is 9.72. The fraction of sp³-hybridized carbons (Fsp3) is 0.133. The molecule has 1 aromatic heterocycles. The van der Waals surface area contributed by atoms with Crippen LogP contribution < -0.4 is 4.74 Å². The lowest BCUT2D eigenvalue weighted by Crippen LogP contribution is -1.99. The van der Waals surface area contributed by atoms with Crippen LogP contribution in [-0.2, 0) is 5.88 Å². The minimum absolute atomic E-state index is 0.364. The van der Waals surface area contributed by atoms with E-state index in [0.717, 1.165) is 28.3 Å². The van der Waals surface area contributed by atoms with Crippen LogP contribution in [-0.4, -0.2) is 16.7 Å². The Morgan fingerprint density at radius 3 is 2.80 bits per heavy atom. The first kappa shape index (κ1) is 13.7. The zero-order valence-corrected chi connectivity index (χ0v) is 13.7. The van der Waals surface area contributed by atoms with Gasteiger partial charge in [-0.3, -0.25) is 4.57 Å². The van der Waals surface area contributed by atoms with E-state index in [1.54, 1.807) is 7.11 Å². The maximum absolute atomic E-state index is 6.05. The van der Waals surface area contributed by atoms with Crippen LogP contribution in [0.4, 0.5) is 0 Å². The molecule has 0 N–H and O–H groups in total. The summed E-state index contributed by atoms with van der Waals surface area (Å²) in [6.07, 6.45) is 0. The number of hydrogen-bond acceptors (Lipinski definition) is 2. The van der Waals surface area contributed by atoms with Crippen molar-refractivity contribution in [1.82, 2.24) is 9.55 Å². The van der Waals surface area contributed by atoms with Gasteiger partial charge in [0.1, 0.15) is 11.6 Å². The van der Waals surface area contributed by atoms with Crippen molar-refractivity contribution in [1.29, 1.82) is 0 Å². The molecule has 3 nitrogen and oxygen atoms in total. The SMILES string of the molecule is COc1ccc2c(c1)nc(CCl)n2-c1cccc(I)c1. The predicted molar refractivity (Wildman–Crippen MR) is 89.9 cm³/mol. The van der Waals surface area contributed by atoms with Gasteiger partial charge in [-0.1, -0.05) is 6.07 Å². The molecule has 1 heterocycles. The Bertz CT molecular complexity index is 770. The molecule has 102 valence electrons. The molecule has 3 rings (SSSR count). The first-order valence-electron chi connectivity index (χ1n) is 6.10. The predicted octanol–water partition coefficient (Wildman–Crippen LogP) is 4.38. The fourth-order valence-corrected chi connectivity index (χ4v) is 2.94. The molecule has 0 unspecified atom stereocenters. The van der Waals surface area contributed by atoms with Crippen molar-refractivity contribution < 1.29 is 4.74 Å². The standard InChI is InChI=1S/C15H12ClIN2O/c1-20-12-5-6-14-13(8-12)18-15(9-16)19(14)11-4-2-3-10(17)7-11/h2-8H,9H2,1H3. The van der Waals surface area contributed by atoms with Gasteiger partial charge in [-0.2, -0.15) is 0 Å². The van der Waals surface area contributed by atoms with Gasteiger partial charge in [0.05, 0.1) is 24.0 Å². The summed E-state index contributed by atoms with van der Waals surface area (Å²) in [6.45, 7) is 0. The summed E-state index contributed by atoms with van der Waals surface area (Å²) in [4.78, 5) is 4.59. The zero-order chi connectivity index (χ0) is 14.1. The van der Waals surface area contributed by atoms with Crippen molar-refractivity contribution in [3.05, 3.63) is 51.9 Å². The number of ether oxygens (including phenoxy) is 1. The first-order valence-corrected chi connectivity index (χ1v) is 7.71. The van der Waals surface area contributed by atoms with E-state index >= 15 is 0 Å². The highest BCUT2D eigenvalue weighted by Gasteiger charge is 2.12. The van der Waals surface area contributed by atoms with Gasteiger partial charge in [0.25, 0.3) is 0 Å². The molecule has 0 atom stereocenters. The van der Waals surface area contributed by atoms with E-state index in [1.807, 2.05) is 24.3 Å². The summed E-state index contributed by atoms with van der Waals surface area (Å²) in [5, 5.41) is 0. The molecule has 20 heavy (non-hydrogen) atoms. The highest BCUT2D eigenvalue weighted by Crippen LogP contribution is 2.26. The molecule has 0 amide bonds. The number of aromatic nitrogens is 2. The lowest BCUT2D eigenvalue weighted by atomic mass is 10.2. The molecule has 0 aliphatic rings. The number of rotatable bonds is 3. The normalized spacial score (nSPS) is 10.9. The quantitative estimate of drug-likeness (QED) is 0.484. The summed E-state index contributed by atoms with van der Waals surface area (Å²) < 4.78 is 8.51. The topological polar surface area (TPSA) is 27.1 Å². The number of imidazole rings is 1. The number of halogens is 2. The summed E-state index contributed by atoms with van der Waals surface area (Å²) in [5.41, 5.74) is 2.99. The summed E-state index contributed by atoms with van der Waals surface area (Å²) in [7, 11) is 1.65. The van der Waals surface area contributed by atoms with E-state index in [0.29, 0.717) is 5.88 Å². The van der Waals surface area contributed by atoms with Gasteiger partial charge in [0, 0.05) is 15.3 Å². The molecule has 0 fully saturated rings. The van der Waals surface area contributed by atoms with Crippen molar-refractivity contribution in [3.8, 4) is 11.4 Å². The molecule has 0 saturated heterocycles. The van der Waals surface area contributed by atoms with Crippen molar-refractivity contribution in [2.75, 3.05) is 7.11 Å². The Labute approximate surface area is 135 Å². The van der Waals surface area contributed by atoms with Crippen molar-refractivity contribution in [2.24, 2.45) is 0 Å². The summed E-state index contributed by atoms with van der Waals surface area (Å²) in [6, 6.07) is 14.1. The van der Waals surface area contributed by atoms with E-state index < -0.39 is 0 Å². The Morgan fingerprint density at radius 1 is 1.25 bits per heavy atom. The number of nitrogens with zero attached hydrogens (tertiary/aromatic N) is 2. The van der Waals surface area contributed by atoms with Gasteiger partial charge in [0.15, 0.2) is 0 Å². The molecule has 5 heteroatoms. The number of alkyl halides is 1. The Morgan fingerprint density at radius 2 is 2.10 bits per heavy atom. The van der Waals surface area contributed by atoms with Gasteiger partial charge in [-0.15, -0.1) is 11.6 Å².